The first-order valence-electron chi connectivity index (χ1n) is 4.36. The van der Waals surface area contributed by atoms with Gasteiger partial charge in [0.1, 0.15) is 5.66 Å². The molecule has 0 aromatic rings. The molecule has 0 aromatic heterocycles. The van der Waals surface area contributed by atoms with E-state index in [0.29, 0.717) is 0 Å². The first-order valence-corrected chi connectivity index (χ1v) is 7.72. The second-order valence-electron chi connectivity index (χ2n) is 3.60. The van der Waals surface area contributed by atoms with E-state index in [0.717, 1.165) is 0 Å². The molecule has 0 amide bonds. The molecule has 10 heteroatoms. The Hall–Kier alpha value is 1.03. The van der Waals surface area contributed by atoms with Gasteiger partial charge in [0.2, 0.25) is 0 Å². The molecule has 3 atom stereocenters. The van der Waals surface area contributed by atoms with E-state index in [1.807, 2.05) is 0 Å². The van der Waals surface area contributed by atoms with Crippen LogP contribution in [0.4, 0.5) is 0 Å². The predicted octanol–water partition coefficient (Wildman–Crippen LogP) is -0.493. The summed E-state index contributed by atoms with van der Waals surface area (Å²) in [5, 5.41) is 0. The zero-order valence-corrected chi connectivity index (χ0v) is 12.0. The molecule has 0 radical (unpaired) electrons. The first kappa shape index (κ1) is 17.0. The summed E-state index contributed by atoms with van der Waals surface area (Å²) in [7, 11) is -9.07. The van der Waals surface area contributed by atoms with Crippen molar-refractivity contribution in [3.05, 3.63) is 0 Å². The van der Waals surface area contributed by atoms with Crippen LogP contribution in [0.1, 0.15) is 13.3 Å². The average Bonchev–Trinajstić information content (AvgIpc) is 1.99. The van der Waals surface area contributed by atoms with Crippen molar-refractivity contribution in [1.82, 2.24) is 0 Å². The van der Waals surface area contributed by atoms with Gasteiger partial charge in [-0.25, -0.2) is 0 Å². The zero-order valence-electron chi connectivity index (χ0n) is 8.76. The van der Waals surface area contributed by atoms with Crippen LogP contribution in [0.2, 0.25) is 0 Å². The first-order chi connectivity index (χ1) is 6.64. The standard InChI is InChI=1S/C6H14O7P2.Mg/c1-4-6(15(10,11)12)5(2-3-13-4)14(7,8)9;/h4-6H,2-3H2,1H3,(H2,7,8,9)(H2,10,11,12);/q;+2. The monoisotopic (exact) mass is 284 g/mol. The minimum atomic E-state index is -4.57. The molecule has 1 aliphatic rings. The quantitative estimate of drug-likeness (QED) is 0.398. The van der Waals surface area contributed by atoms with Gasteiger partial charge in [0.25, 0.3) is 0 Å². The van der Waals surface area contributed by atoms with Crippen molar-refractivity contribution in [2.24, 2.45) is 0 Å². The maximum absolute atomic E-state index is 11.1. The molecule has 0 bridgehead atoms. The van der Waals surface area contributed by atoms with Crippen LogP contribution in [0.5, 0.6) is 0 Å². The molecule has 16 heavy (non-hydrogen) atoms. The largest absolute Gasteiger partial charge is 2.00 e. The summed E-state index contributed by atoms with van der Waals surface area (Å²) in [4.78, 5) is 36.1. The summed E-state index contributed by atoms with van der Waals surface area (Å²) in [5.74, 6) is 0. The minimum absolute atomic E-state index is 0. The molecule has 1 aliphatic heterocycles. The summed E-state index contributed by atoms with van der Waals surface area (Å²) in [6.45, 7) is 1.51. The van der Waals surface area contributed by atoms with Crippen LogP contribution < -0.4 is 0 Å². The third kappa shape index (κ3) is 4.05. The van der Waals surface area contributed by atoms with Gasteiger partial charge in [-0.3, -0.25) is 9.13 Å². The molecule has 90 valence electrons. The van der Waals surface area contributed by atoms with Crippen molar-refractivity contribution in [1.29, 1.82) is 0 Å². The van der Waals surface area contributed by atoms with Gasteiger partial charge in [-0.2, -0.15) is 0 Å². The van der Waals surface area contributed by atoms with Crippen molar-refractivity contribution < 1.29 is 33.4 Å². The molecule has 0 saturated carbocycles. The van der Waals surface area contributed by atoms with Gasteiger partial charge in [0.15, 0.2) is 0 Å². The van der Waals surface area contributed by atoms with Crippen LogP contribution in [0.3, 0.4) is 0 Å². The fourth-order valence-corrected chi connectivity index (χ4v) is 5.18. The van der Waals surface area contributed by atoms with Crippen LogP contribution in [0.25, 0.3) is 0 Å². The summed E-state index contributed by atoms with van der Waals surface area (Å²) < 4.78 is 27.2. The van der Waals surface area contributed by atoms with Crippen LogP contribution in [-0.2, 0) is 13.9 Å². The van der Waals surface area contributed by atoms with Gasteiger partial charge in [-0.05, 0) is 13.3 Å². The molecule has 0 aliphatic carbocycles. The van der Waals surface area contributed by atoms with E-state index >= 15 is 0 Å². The molecule has 3 unspecified atom stereocenters. The molecule has 1 heterocycles. The summed E-state index contributed by atoms with van der Waals surface area (Å²) in [5.41, 5.74) is -2.74. The van der Waals surface area contributed by atoms with Crippen LogP contribution in [-0.4, -0.2) is 66.7 Å². The van der Waals surface area contributed by atoms with Crippen molar-refractivity contribution in [3.8, 4) is 0 Å². The van der Waals surface area contributed by atoms with Crippen LogP contribution in [0, 0.1) is 0 Å². The number of rotatable bonds is 2. The van der Waals surface area contributed by atoms with Crippen molar-refractivity contribution in [2.75, 3.05) is 6.61 Å². The molecule has 0 aromatic carbocycles. The smallest absolute Gasteiger partial charge is 0.377 e. The topological polar surface area (TPSA) is 124 Å². The summed E-state index contributed by atoms with van der Waals surface area (Å²) in [6, 6.07) is 0. The maximum Gasteiger partial charge on any atom is 2.00 e. The Balaban J connectivity index is 0.00000225. The van der Waals surface area contributed by atoms with Gasteiger partial charge in [-0.15, -0.1) is 0 Å². The molecule has 0 spiro atoms. The van der Waals surface area contributed by atoms with Crippen molar-refractivity contribution >= 4 is 38.2 Å². The maximum atomic E-state index is 11.1. The van der Waals surface area contributed by atoms with E-state index in [4.69, 9.17) is 24.3 Å². The van der Waals surface area contributed by atoms with Crippen molar-refractivity contribution in [2.45, 2.75) is 30.8 Å². The Morgan fingerprint density at radius 3 is 1.94 bits per heavy atom. The Bertz CT molecular complexity index is 323. The fraction of sp³-hybridized carbons (Fsp3) is 1.00. The number of hydrogen-bond donors (Lipinski definition) is 4. The van der Waals surface area contributed by atoms with E-state index in [1.165, 1.54) is 6.92 Å². The predicted molar refractivity (Wildman–Crippen MR) is 57.4 cm³/mol. The summed E-state index contributed by atoms with van der Waals surface area (Å²) in [6.07, 6.45) is -0.887. The van der Waals surface area contributed by atoms with Gasteiger partial charge in [0.05, 0.1) is 11.8 Å². The number of ether oxygens (including phenoxy) is 1. The molecule has 4 N–H and O–H groups in total. The third-order valence-corrected chi connectivity index (χ3v) is 5.73. The Morgan fingerprint density at radius 1 is 1.12 bits per heavy atom. The van der Waals surface area contributed by atoms with E-state index in [-0.39, 0.29) is 36.1 Å². The van der Waals surface area contributed by atoms with Gasteiger partial charge in [0, 0.05) is 6.61 Å². The Labute approximate surface area is 109 Å². The van der Waals surface area contributed by atoms with E-state index in [9.17, 15) is 9.13 Å². The van der Waals surface area contributed by atoms with Gasteiger partial charge >= 0.3 is 38.2 Å². The fourth-order valence-electron chi connectivity index (χ4n) is 1.82. The Morgan fingerprint density at radius 2 is 1.62 bits per heavy atom. The van der Waals surface area contributed by atoms with E-state index < -0.39 is 32.6 Å². The molecular formula is C6H14MgO7P2+2. The van der Waals surface area contributed by atoms with Gasteiger partial charge in [-0.1, -0.05) is 0 Å². The minimum Gasteiger partial charge on any atom is -0.377 e. The second-order valence-corrected chi connectivity index (χ2v) is 7.22. The zero-order chi connectivity index (χ0) is 11.9. The molecule has 1 saturated heterocycles. The average molecular weight is 284 g/mol. The van der Waals surface area contributed by atoms with Crippen molar-refractivity contribution in [3.63, 3.8) is 0 Å². The molecular weight excluding hydrogens is 270 g/mol. The molecule has 1 fully saturated rings. The number of hydrogen-bond acceptors (Lipinski definition) is 3. The SMILES string of the molecule is CC1OCCC(P(=O)(O)O)C1P(=O)(O)O.[Mg+2]. The molecule has 1 rings (SSSR count). The van der Waals surface area contributed by atoms with E-state index in [2.05, 4.69) is 0 Å². The van der Waals surface area contributed by atoms with Crippen LogP contribution >= 0.6 is 15.2 Å². The third-order valence-electron chi connectivity index (χ3n) is 2.49. The van der Waals surface area contributed by atoms with Gasteiger partial charge < -0.3 is 24.3 Å². The van der Waals surface area contributed by atoms with E-state index in [1.54, 1.807) is 0 Å². The normalized spacial score (nSPS) is 31.9. The molecule has 7 nitrogen and oxygen atoms in total. The van der Waals surface area contributed by atoms with Crippen LogP contribution in [0.15, 0.2) is 0 Å². The summed E-state index contributed by atoms with van der Waals surface area (Å²) >= 11 is 0. The Kier molecular flexibility index (Phi) is 6.15. The second kappa shape index (κ2) is 5.78.